The number of carbonyl (C=O) groups is 1. The van der Waals surface area contributed by atoms with Crippen LogP contribution in [0.15, 0.2) is 97.1 Å². The number of nitrogens with one attached hydrogen (secondary N) is 2. The zero-order valence-electron chi connectivity index (χ0n) is 25.3. The molecule has 0 spiro atoms. The third kappa shape index (κ3) is 7.67. The maximum Gasteiger partial charge on any atom is 0.311 e. The van der Waals surface area contributed by atoms with Crippen molar-refractivity contribution < 1.29 is 23.7 Å². The van der Waals surface area contributed by atoms with Crippen molar-refractivity contribution >= 4 is 27.8 Å². The van der Waals surface area contributed by atoms with Crippen LogP contribution in [0.5, 0.6) is 17.2 Å². The molecule has 0 aliphatic heterocycles. The maximum atomic E-state index is 12.9. The molecule has 0 radical (unpaired) electrons. The number of H-pyrrole nitrogens is 1. The molecule has 5 aromatic rings. The van der Waals surface area contributed by atoms with Gasteiger partial charge in [0.2, 0.25) is 0 Å². The molecule has 2 unspecified atom stereocenters. The molecule has 0 aliphatic carbocycles. The molecular weight excluding hydrogens is 540 g/mol. The lowest BCUT2D eigenvalue weighted by molar-refractivity contribution is -0.159. The van der Waals surface area contributed by atoms with Gasteiger partial charge in [0, 0.05) is 35.8 Å². The summed E-state index contributed by atoms with van der Waals surface area (Å²) in [4.78, 5) is 16.4. The van der Waals surface area contributed by atoms with Gasteiger partial charge in [-0.1, -0.05) is 72.8 Å². The van der Waals surface area contributed by atoms with E-state index in [9.17, 15) is 4.79 Å². The van der Waals surface area contributed by atoms with E-state index in [4.69, 9.17) is 18.9 Å². The lowest BCUT2D eigenvalue weighted by Gasteiger charge is -2.25. The Labute approximate surface area is 253 Å². The van der Waals surface area contributed by atoms with Crippen molar-refractivity contribution in [2.24, 2.45) is 5.41 Å². The van der Waals surface area contributed by atoms with E-state index in [1.54, 1.807) is 7.11 Å². The number of carbonyl (C=O) groups excluding carboxylic acids is 1. The third-order valence-corrected chi connectivity index (χ3v) is 7.23. The number of benzene rings is 4. The summed E-state index contributed by atoms with van der Waals surface area (Å²) in [5, 5.41) is 5.71. The minimum Gasteiger partial charge on any atom is -0.493 e. The van der Waals surface area contributed by atoms with Crippen LogP contribution in [0.4, 0.5) is 0 Å². The van der Waals surface area contributed by atoms with Crippen molar-refractivity contribution in [1.82, 2.24) is 10.3 Å². The quantitative estimate of drug-likeness (QED) is 0.147. The van der Waals surface area contributed by atoms with Crippen molar-refractivity contribution in [2.75, 3.05) is 26.8 Å². The van der Waals surface area contributed by atoms with E-state index < -0.39 is 11.5 Å². The first-order valence-electron chi connectivity index (χ1n) is 14.7. The van der Waals surface area contributed by atoms with Crippen LogP contribution in [0.25, 0.3) is 21.8 Å². The molecule has 5 rings (SSSR count). The van der Waals surface area contributed by atoms with Crippen LogP contribution in [0.1, 0.15) is 26.3 Å². The number of aromatic nitrogens is 1. The van der Waals surface area contributed by atoms with Gasteiger partial charge in [0.05, 0.1) is 18.0 Å². The Morgan fingerprint density at radius 3 is 2.19 bits per heavy atom. The molecule has 0 bridgehead atoms. The highest BCUT2D eigenvalue weighted by atomic mass is 16.6. The maximum absolute atomic E-state index is 12.9. The van der Waals surface area contributed by atoms with E-state index >= 15 is 0 Å². The lowest BCUT2D eigenvalue weighted by atomic mass is 9.97. The molecule has 2 atom stereocenters. The molecule has 7 nitrogen and oxygen atoms in total. The number of hydrogen-bond donors (Lipinski definition) is 2. The number of esters is 1. The van der Waals surface area contributed by atoms with Crippen molar-refractivity contribution in [3.05, 3.63) is 103 Å². The van der Waals surface area contributed by atoms with Crippen LogP contribution >= 0.6 is 0 Å². The molecule has 4 aromatic carbocycles. The second-order valence-corrected chi connectivity index (χ2v) is 11.7. The van der Waals surface area contributed by atoms with Gasteiger partial charge in [-0.3, -0.25) is 4.79 Å². The number of ether oxygens (including phenoxy) is 4. The number of para-hydroxylation sites is 4. The summed E-state index contributed by atoms with van der Waals surface area (Å²) in [6.07, 6.45) is -0.0225. The summed E-state index contributed by atoms with van der Waals surface area (Å²) in [6, 6.07) is 32.0. The standard InChI is InChI=1S/C36H40N2O5/c1-36(2,3)35(39)43-27(24-41-33-20-12-16-29-28-15-8-9-17-30(28)38-34(29)33)23-37-22-26(21-25-13-6-5-7-14-25)42-32-19-11-10-18-31(32)40-4/h5-20,26-27,37-38H,21-24H2,1-4H3. The van der Waals surface area contributed by atoms with E-state index in [1.807, 2.05) is 87.5 Å². The van der Waals surface area contributed by atoms with Crippen LogP contribution in [0.3, 0.4) is 0 Å². The van der Waals surface area contributed by atoms with Crippen molar-refractivity contribution in [2.45, 2.75) is 39.4 Å². The Balaban J connectivity index is 1.30. The molecule has 224 valence electrons. The highest BCUT2D eigenvalue weighted by Crippen LogP contribution is 2.32. The zero-order valence-corrected chi connectivity index (χ0v) is 25.3. The molecule has 0 amide bonds. The molecule has 1 aromatic heterocycles. The summed E-state index contributed by atoms with van der Waals surface area (Å²) in [5.74, 6) is 1.79. The number of hydrogen-bond acceptors (Lipinski definition) is 6. The van der Waals surface area contributed by atoms with Gasteiger partial charge in [-0.15, -0.1) is 0 Å². The van der Waals surface area contributed by atoms with E-state index in [2.05, 4.69) is 40.6 Å². The van der Waals surface area contributed by atoms with Crippen LogP contribution in [0, 0.1) is 5.41 Å². The van der Waals surface area contributed by atoms with Gasteiger partial charge in [0.15, 0.2) is 11.5 Å². The summed E-state index contributed by atoms with van der Waals surface area (Å²) in [7, 11) is 1.64. The van der Waals surface area contributed by atoms with E-state index in [0.29, 0.717) is 36.8 Å². The number of fused-ring (bicyclic) bond motifs is 3. The molecule has 0 saturated heterocycles. The fraction of sp³-hybridized carbons (Fsp3) is 0.306. The van der Waals surface area contributed by atoms with Gasteiger partial charge in [-0.05, 0) is 50.6 Å². The van der Waals surface area contributed by atoms with Gasteiger partial charge in [0.25, 0.3) is 0 Å². The van der Waals surface area contributed by atoms with Crippen LogP contribution in [-0.4, -0.2) is 50.0 Å². The van der Waals surface area contributed by atoms with Gasteiger partial charge in [-0.25, -0.2) is 0 Å². The van der Waals surface area contributed by atoms with Gasteiger partial charge in [0.1, 0.15) is 24.6 Å². The Hall–Kier alpha value is -4.49. The van der Waals surface area contributed by atoms with E-state index in [-0.39, 0.29) is 18.7 Å². The molecule has 2 N–H and O–H groups in total. The molecular formula is C36H40N2O5. The van der Waals surface area contributed by atoms with Gasteiger partial charge in [-0.2, -0.15) is 0 Å². The summed E-state index contributed by atoms with van der Waals surface area (Å²) >= 11 is 0. The molecule has 1 heterocycles. The van der Waals surface area contributed by atoms with Gasteiger partial charge >= 0.3 is 5.97 Å². The largest absolute Gasteiger partial charge is 0.493 e. The minimum atomic E-state index is -0.641. The summed E-state index contributed by atoms with van der Waals surface area (Å²) < 4.78 is 24.2. The normalized spacial score (nSPS) is 13.0. The monoisotopic (exact) mass is 580 g/mol. The first-order chi connectivity index (χ1) is 20.8. The second kappa shape index (κ2) is 13.7. The first-order valence-corrected chi connectivity index (χ1v) is 14.7. The van der Waals surface area contributed by atoms with Gasteiger partial charge < -0.3 is 29.2 Å². The highest BCUT2D eigenvalue weighted by molar-refractivity contribution is 6.09. The number of rotatable bonds is 13. The van der Waals surface area contributed by atoms with Crippen molar-refractivity contribution in [1.29, 1.82) is 0 Å². The fourth-order valence-electron chi connectivity index (χ4n) is 4.95. The van der Waals surface area contributed by atoms with Crippen molar-refractivity contribution in [3.8, 4) is 17.2 Å². The third-order valence-electron chi connectivity index (χ3n) is 7.23. The summed E-state index contributed by atoms with van der Waals surface area (Å²) in [5.41, 5.74) is 2.49. The van der Waals surface area contributed by atoms with Crippen LogP contribution in [-0.2, 0) is 16.0 Å². The Morgan fingerprint density at radius 2 is 1.42 bits per heavy atom. The minimum absolute atomic E-state index is 0.194. The summed E-state index contributed by atoms with van der Waals surface area (Å²) in [6.45, 7) is 6.66. The Bertz CT molecular complexity index is 1640. The SMILES string of the molecule is COc1ccccc1OC(CNCC(COc1cccc2c1[nH]c1ccccc12)OC(=O)C(C)(C)C)Cc1ccccc1. The average molecular weight is 581 g/mol. The highest BCUT2D eigenvalue weighted by Gasteiger charge is 2.27. The second-order valence-electron chi connectivity index (χ2n) is 11.7. The molecule has 0 saturated carbocycles. The van der Waals surface area contributed by atoms with E-state index in [1.165, 1.54) is 0 Å². The van der Waals surface area contributed by atoms with Crippen molar-refractivity contribution in [3.63, 3.8) is 0 Å². The Kier molecular flexibility index (Phi) is 9.52. The number of aromatic amines is 1. The Morgan fingerprint density at radius 1 is 0.767 bits per heavy atom. The van der Waals surface area contributed by atoms with E-state index in [0.717, 1.165) is 27.4 Å². The fourth-order valence-corrected chi connectivity index (χ4v) is 4.95. The first kappa shape index (κ1) is 30.0. The van der Waals surface area contributed by atoms with Crippen LogP contribution < -0.4 is 19.5 Å². The number of methoxy groups -OCH3 is 1. The average Bonchev–Trinajstić information content (AvgIpc) is 3.39. The smallest absolute Gasteiger partial charge is 0.311 e. The van der Waals surface area contributed by atoms with Crippen LogP contribution in [0.2, 0.25) is 0 Å². The predicted octanol–water partition coefficient (Wildman–Crippen LogP) is 6.95. The lowest BCUT2D eigenvalue weighted by Crippen LogP contribution is -2.42. The molecule has 0 aliphatic rings. The topological polar surface area (TPSA) is 81.8 Å². The molecule has 7 heteroatoms. The molecule has 43 heavy (non-hydrogen) atoms. The zero-order chi connectivity index (χ0) is 30.2. The predicted molar refractivity (Wildman–Crippen MR) is 171 cm³/mol. The molecule has 0 fully saturated rings.